The summed E-state index contributed by atoms with van der Waals surface area (Å²) in [5.74, 6) is 0.499. The number of aliphatic imine (C=N–C) groups is 1. The summed E-state index contributed by atoms with van der Waals surface area (Å²) in [4.78, 5) is 6.24. The summed E-state index contributed by atoms with van der Waals surface area (Å²) in [6, 6.07) is 5.39. The summed E-state index contributed by atoms with van der Waals surface area (Å²) >= 11 is 0. The summed E-state index contributed by atoms with van der Waals surface area (Å²) in [7, 11) is 1.73. The van der Waals surface area contributed by atoms with Crippen molar-refractivity contribution in [3.8, 4) is 0 Å². The minimum Gasteiger partial charge on any atom is -0.379 e. The predicted molar refractivity (Wildman–Crippen MR) is 112 cm³/mol. The molecule has 1 aromatic carbocycles. The molecule has 8 heteroatoms. The van der Waals surface area contributed by atoms with Gasteiger partial charge in [-0.2, -0.15) is 0 Å². The maximum atomic E-state index is 14.5. The van der Waals surface area contributed by atoms with Gasteiger partial charge in [0.2, 0.25) is 0 Å². The van der Waals surface area contributed by atoms with Crippen molar-refractivity contribution in [2.45, 2.75) is 31.9 Å². The Balaban J connectivity index is 1.33. The number of nitrogens with one attached hydrogen (secondary N) is 2. The van der Waals surface area contributed by atoms with Crippen LogP contribution in [-0.2, 0) is 20.8 Å². The molecule has 0 radical (unpaired) electrons. The lowest BCUT2D eigenvalue weighted by molar-refractivity contribution is 0.0168. The summed E-state index contributed by atoms with van der Waals surface area (Å²) in [6.45, 7) is 6.23. The molecule has 1 atom stereocenters. The smallest absolute Gasteiger partial charge is 0.191 e. The Hall–Kier alpha value is -1.90. The minimum absolute atomic E-state index is 0.197. The molecule has 7 nitrogen and oxygen atoms in total. The Kier molecular flexibility index (Phi) is 8.98. The van der Waals surface area contributed by atoms with Crippen molar-refractivity contribution in [1.82, 2.24) is 10.6 Å². The molecule has 1 unspecified atom stereocenters. The van der Waals surface area contributed by atoms with Gasteiger partial charge in [0.05, 0.1) is 31.6 Å². The van der Waals surface area contributed by atoms with Crippen molar-refractivity contribution in [2.24, 2.45) is 4.99 Å². The lowest BCUT2D eigenvalue weighted by Crippen LogP contribution is -2.38. The van der Waals surface area contributed by atoms with Crippen molar-refractivity contribution in [1.29, 1.82) is 0 Å². The van der Waals surface area contributed by atoms with Crippen LogP contribution >= 0.6 is 0 Å². The minimum atomic E-state index is -0.197. The van der Waals surface area contributed by atoms with E-state index in [9.17, 15) is 4.39 Å². The number of rotatable bonds is 9. The molecule has 2 aliphatic heterocycles. The van der Waals surface area contributed by atoms with E-state index in [2.05, 4.69) is 15.6 Å². The van der Waals surface area contributed by atoms with Crippen LogP contribution in [0.2, 0.25) is 0 Å². The van der Waals surface area contributed by atoms with Gasteiger partial charge in [-0.25, -0.2) is 4.39 Å². The lowest BCUT2D eigenvalue weighted by atomic mass is 10.1. The van der Waals surface area contributed by atoms with Gasteiger partial charge in [0.15, 0.2) is 5.96 Å². The molecule has 0 aliphatic carbocycles. The number of nitrogens with zero attached hydrogens (tertiary/aromatic N) is 2. The summed E-state index contributed by atoms with van der Waals surface area (Å²) in [6.07, 6.45) is 3.39. The summed E-state index contributed by atoms with van der Waals surface area (Å²) in [5.41, 5.74) is 1.52. The highest BCUT2D eigenvalue weighted by Crippen LogP contribution is 2.21. The molecular weight excluding hydrogens is 375 g/mol. The van der Waals surface area contributed by atoms with E-state index < -0.39 is 0 Å². The van der Waals surface area contributed by atoms with Gasteiger partial charge in [-0.1, -0.05) is 6.07 Å². The standard InChI is InChI=1S/C21H33FN4O3/c1-23-21(24-7-3-10-28-16-18-4-2-11-29-18)25-15-17-5-6-20(19(22)14-17)26-8-12-27-13-9-26/h5-6,14,18H,2-4,7-13,15-16H2,1H3,(H2,23,24,25). The molecule has 1 aromatic rings. The van der Waals surface area contributed by atoms with Crippen molar-refractivity contribution in [3.05, 3.63) is 29.6 Å². The fourth-order valence-corrected chi connectivity index (χ4v) is 3.50. The Morgan fingerprint density at radius 3 is 2.86 bits per heavy atom. The van der Waals surface area contributed by atoms with Crippen LogP contribution in [0.3, 0.4) is 0 Å². The zero-order valence-corrected chi connectivity index (χ0v) is 17.3. The number of benzene rings is 1. The van der Waals surface area contributed by atoms with Gasteiger partial charge in [0.25, 0.3) is 0 Å². The van der Waals surface area contributed by atoms with Gasteiger partial charge in [-0.15, -0.1) is 0 Å². The molecule has 0 spiro atoms. The SMILES string of the molecule is CN=C(NCCCOCC1CCCO1)NCc1ccc(N2CCOCC2)c(F)c1. The number of hydrogen-bond donors (Lipinski definition) is 2. The van der Waals surface area contributed by atoms with Gasteiger partial charge in [-0.05, 0) is 37.0 Å². The number of anilines is 1. The molecule has 2 N–H and O–H groups in total. The molecule has 29 heavy (non-hydrogen) atoms. The van der Waals surface area contributed by atoms with E-state index in [4.69, 9.17) is 14.2 Å². The van der Waals surface area contributed by atoms with Gasteiger partial charge < -0.3 is 29.7 Å². The van der Waals surface area contributed by atoms with Crippen molar-refractivity contribution in [3.63, 3.8) is 0 Å². The first-order valence-corrected chi connectivity index (χ1v) is 10.5. The number of guanidine groups is 1. The van der Waals surface area contributed by atoms with E-state index >= 15 is 0 Å². The van der Waals surface area contributed by atoms with E-state index in [1.807, 2.05) is 17.0 Å². The fraction of sp³-hybridized carbons (Fsp3) is 0.667. The second-order valence-electron chi connectivity index (χ2n) is 7.30. The van der Waals surface area contributed by atoms with Crippen LogP contribution in [0.5, 0.6) is 0 Å². The molecule has 0 saturated carbocycles. The van der Waals surface area contributed by atoms with Crippen molar-refractivity contribution < 1.29 is 18.6 Å². The average Bonchev–Trinajstić information content (AvgIpc) is 3.27. The van der Waals surface area contributed by atoms with Crippen LogP contribution in [0, 0.1) is 5.82 Å². The van der Waals surface area contributed by atoms with Gasteiger partial charge in [-0.3, -0.25) is 4.99 Å². The first-order chi connectivity index (χ1) is 14.3. The van der Waals surface area contributed by atoms with Crippen LogP contribution in [-0.4, -0.2) is 71.8 Å². The highest BCUT2D eigenvalue weighted by atomic mass is 19.1. The number of halogens is 1. The van der Waals surface area contributed by atoms with Gasteiger partial charge >= 0.3 is 0 Å². The Bertz CT molecular complexity index is 647. The van der Waals surface area contributed by atoms with Crippen LogP contribution < -0.4 is 15.5 Å². The molecule has 162 valence electrons. The predicted octanol–water partition coefficient (Wildman–Crippen LogP) is 1.91. The Morgan fingerprint density at radius 2 is 2.14 bits per heavy atom. The van der Waals surface area contributed by atoms with Gasteiger partial charge in [0.1, 0.15) is 5.82 Å². The normalized spacial score (nSPS) is 20.1. The van der Waals surface area contributed by atoms with E-state index in [1.165, 1.54) is 0 Å². The summed E-state index contributed by atoms with van der Waals surface area (Å²) in [5, 5.41) is 6.48. The third-order valence-corrected chi connectivity index (χ3v) is 5.13. The van der Waals surface area contributed by atoms with Crippen molar-refractivity contribution >= 4 is 11.6 Å². The highest BCUT2D eigenvalue weighted by molar-refractivity contribution is 5.79. The highest BCUT2D eigenvalue weighted by Gasteiger charge is 2.16. The third-order valence-electron chi connectivity index (χ3n) is 5.13. The molecule has 0 aromatic heterocycles. The van der Waals surface area contributed by atoms with Crippen LogP contribution in [0.15, 0.2) is 23.2 Å². The van der Waals surface area contributed by atoms with Crippen LogP contribution in [0.1, 0.15) is 24.8 Å². The van der Waals surface area contributed by atoms with Gasteiger partial charge in [0, 0.05) is 46.4 Å². The summed E-state index contributed by atoms with van der Waals surface area (Å²) < 4.78 is 31.0. The molecule has 0 amide bonds. The largest absolute Gasteiger partial charge is 0.379 e. The molecule has 0 bridgehead atoms. The monoisotopic (exact) mass is 408 g/mol. The second-order valence-corrected chi connectivity index (χ2v) is 7.30. The first-order valence-electron chi connectivity index (χ1n) is 10.5. The lowest BCUT2D eigenvalue weighted by Gasteiger charge is -2.29. The molecule has 2 fully saturated rings. The second kappa shape index (κ2) is 11.9. The molecule has 3 rings (SSSR count). The zero-order chi connectivity index (χ0) is 20.3. The van der Waals surface area contributed by atoms with Crippen LogP contribution in [0.4, 0.5) is 10.1 Å². The maximum absolute atomic E-state index is 14.5. The maximum Gasteiger partial charge on any atom is 0.191 e. The quantitative estimate of drug-likeness (QED) is 0.370. The van der Waals surface area contributed by atoms with Crippen LogP contribution in [0.25, 0.3) is 0 Å². The molecule has 2 heterocycles. The van der Waals surface area contributed by atoms with E-state index in [0.29, 0.717) is 44.6 Å². The van der Waals surface area contributed by atoms with E-state index in [-0.39, 0.29) is 11.9 Å². The van der Waals surface area contributed by atoms with Crippen molar-refractivity contribution in [2.75, 3.05) is 64.6 Å². The molecule has 2 saturated heterocycles. The Labute approximate surface area is 172 Å². The number of morpholine rings is 1. The fourth-order valence-electron chi connectivity index (χ4n) is 3.50. The molecule has 2 aliphatic rings. The number of hydrogen-bond acceptors (Lipinski definition) is 5. The van der Waals surface area contributed by atoms with E-state index in [1.54, 1.807) is 13.1 Å². The topological polar surface area (TPSA) is 67.4 Å². The molecular formula is C21H33FN4O3. The zero-order valence-electron chi connectivity index (χ0n) is 17.3. The Morgan fingerprint density at radius 1 is 1.28 bits per heavy atom. The third kappa shape index (κ3) is 7.13. The first kappa shape index (κ1) is 21.8. The number of ether oxygens (including phenoxy) is 3. The average molecular weight is 409 g/mol. The van der Waals surface area contributed by atoms with E-state index in [0.717, 1.165) is 51.1 Å².